The van der Waals surface area contributed by atoms with E-state index in [1.165, 1.54) is 5.38 Å². The second-order valence-electron chi connectivity index (χ2n) is 7.84. The smallest absolute Gasteiger partial charge is 0.404 e. The van der Waals surface area contributed by atoms with E-state index in [0.717, 1.165) is 37.0 Å². The molecule has 36 heavy (non-hydrogen) atoms. The van der Waals surface area contributed by atoms with Gasteiger partial charge in [0.1, 0.15) is 24.4 Å². The largest absolute Gasteiger partial charge is 0.447 e. The number of aromatic nitrogens is 1. The lowest BCUT2D eigenvalue weighted by Crippen LogP contribution is -2.73. The fourth-order valence-corrected chi connectivity index (χ4v) is 5.08. The predicted octanol–water partition coefficient (Wildman–Crippen LogP) is -1.56. The molecule has 2 aliphatic rings. The van der Waals surface area contributed by atoms with E-state index in [0.29, 0.717) is 13.1 Å². The summed E-state index contributed by atoms with van der Waals surface area (Å²) < 4.78 is 36.8. The molecule has 6 N–H and O–H groups in total. The Morgan fingerprint density at radius 3 is 2.47 bits per heavy atom. The number of carbonyl (C=O) groups excluding carboxylic acids is 4. The Morgan fingerprint density at radius 1 is 1.25 bits per heavy atom. The summed E-state index contributed by atoms with van der Waals surface area (Å²) in [5.74, 6) is -2.54. The van der Waals surface area contributed by atoms with Gasteiger partial charge in [0, 0.05) is 18.5 Å². The molecular weight excluding hydrogens is 522 g/mol. The summed E-state index contributed by atoms with van der Waals surface area (Å²) in [6, 6.07) is -3.00. The molecule has 2 aliphatic heterocycles. The molecule has 1 aromatic heterocycles. The summed E-state index contributed by atoms with van der Waals surface area (Å²) in [6.07, 6.45) is 2.53. The van der Waals surface area contributed by atoms with Crippen LogP contribution >= 0.6 is 11.3 Å². The van der Waals surface area contributed by atoms with Crippen molar-refractivity contribution < 1.29 is 41.7 Å². The maximum atomic E-state index is 13.0. The van der Waals surface area contributed by atoms with E-state index < -0.39 is 59.2 Å². The number of nitrogens with zero attached hydrogens (tertiary/aromatic N) is 4. The van der Waals surface area contributed by atoms with Gasteiger partial charge in [-0.2, -0.15) is 8.42 Å². The highest BCUT2D eigenvalue weighted by Crippen LogP contribution is 2.24. The molecule has 18 heteroatoms. The number of anilines is 1. The number of nitrogens with two attached hydrogens (primary N) is 2. The fourth-order valence-electron chi connectivity index (χ4n) is 3.67. The summed E-state index contributed by atoms with van der Waals surface area (Å²) in [7, 11) is -5.01. The van der Waals surface area contributed by atoms with Crippen molar-refractivity contribution in [1.82, 2.24) is 19.5 Å². The molecule has 2 fully saturated rings. The first-order valence-electron chi connectivity index (χ1n) is 10.7. The maximum absolute atomic E-state index is 13.0. The molecule has 4 amide bonds. The predicted molar refractivity (Wildman–Crippen MR) is 124 cm³/mol. The van der Waals surface area contributed by atoms with E-state index >= 15 is 0 Å². The Labute approximate surface area is 209 Å². The van der Waals surface area contributed by atoms with E-state index in [2.05, 4.69) is 20.2 Å². The minimum absolute atomic E-state index is 0.0273. The number of amides is 4. The highest BCUT2D eigenvalue weighted by molar-refractivity contribution is 7.84. The van der Waals surface area contributed by atoms with Crippen molar-refractivity contribution in [3.05, 3.63) is 11.1 Å². The number of oxime groups is 1. The van der Waals surface area contributed by atoms with Crippen LogP contribution in [0.15, 0.2) is 10.5 Å². The lowest BCUT2D eigenvalue weighted by atomic mass is 9.99. The number of nitrogens with one attached hydrogen (secondary N) is 1. The Bertz CT molecular complexity index is 1150. The van der Waals surface area contributed by atoms with Crippen molar-refractivity contribution in [2.45, 2.75) is 37.8 Å². The number of β-lactam (4-membered cyclic amide) rings is 1. The standard InChI is InChI=1S/C18H25N7O9S2/c19-17-21-10(9-35-17)13(23-34-8-12(26)24-5-3-1-2-4-6-24)15(27)22-14-11(7-33-18(20)29)25(16(14)28)36(30,31)32/h9,11,14H,1-8H2,(H2,19,21)(H2,20,29)(H,22,27)(H,30,31,32)/t11-,14+/m1/s1. The number of nitrogen functional groups attached to an aromatic ring is 1. The molecule has 2 saturated heterocycles. The van der Waals surface area contributed by atoms with Gasteiger partial charge in [-0.3, -0.25) is 18.9 Å². The van der Waals surface area contributed by atoms with Crippen LogP contribution in [-0.4, -0.2) is 95.1 Å². The van der Waals surface area contributed by atoms with Crippen LogP contribution < -0.4 is 16.8 Å². The number of hydrogen-bond donors (Lipinski definition) is 4. The second kappa shape index (κ2) is 11.5. The highest BCUT2D eigenvalue weighted by atomic mass is 32.2. The van der Waals surface area contributed by atoms with Crippen molar-refractivity contribution in [1.29, 1.82) is 0 Å². The molecule has 0 unspecified atom stereocenters. The average molecular weight is 548 g/mol. The van der Waals surface area contributed by atoms with E-state index in [9.17, 15) is 32.1 Å². The SMILES string of the molecule is NC(=O)OC[C@@H]1[C@H](NC(=O)C(=NOCC(=O)N2CCCCCC2)c2csc(N)n2)C(=O)N1S(=O)(=O)O. The molecule has 198 valence electrons. The van der Waals surface area contributed by atoms with Crippen LogP contribution in [0.4, 0.5) is 9.93 Å². The van der Waals surface area contributed by atoms with Crippen molar-refractivity contribution in [2.75, 3.05) is 32.0 Å². The number of likely N-dealkylation sites (tertiary alicyclic amines) is 1. The third kappa shape index (κ3) is 6.58. The molecule has 16 nitrogen and oxygen atoms in total. The van der Waals surface area contributed by atoms with Gasteiger partial charge in [-0.15, -0.1) is 11.3 Å². The summed E-state index contributed by atoms with van der Waals surface area (Å²) in [5, 5.41) is 7.43. The highest BCUT2D eigenvalue weighted by Gasteiger charge is 2.54. The number of primary amides is 1. The Morgan fingerprint density at radius 2 is 1.92 bits per heavy atom. The van der Waals surface area contributed by atoms with Crippen LogP contribution in [0.1, 0.15) is 31.4 Å². The molecule has 3 rings (SSSR count). The molecule has 0 saturated carbocycles. The Balaban J connectivity index is 1.74. The molecule has 0 aromatic carbocycles. The van der Waals surface area contributed by atoms with Crippen LogP contribution in [0.25, 0.3) is 0 Å². The first-order valence-corrected chi connectivity index (χ1v) is 13.0. The lowest BCUT2D eigenvalue weighted by Gasteiger charge is -2.43. The van der Waals surface area contributed by atoms with Crippen LogP contribution in [0.5, 0.6) is 0 Å². The van der Waals surface area contributed by atoms with E-state index in [4.69, 9.17) is 16.3 Å². The van der Waals surface area contributed by atoms with Gasteiger partial charge in [0.15, 0.2) is 17.5 Å². The first kappa shape index (κ1) is 27.1. The summed E-state index contributed by atoms with van der Waals surface area (Å²) in [4.78, 5) is 59.3. The third-order valence-corrected chi connectivity index (χ3v) is 7.00. The van der Waals surface area contributed by atoms with Crippen LogP contribution in [0.3, 0.4) is 0 Å². The number of ether oxygens (including phenoxy) is 1. The molecule has 2 atom stereocenters. The molecule has 3 heterocycles. The minimum Gasteiger partial charge on any atom is -0.447 e. The Kier molecular flexibility index (Phi) is 8.64. The van der Waals surface area contributed by atoms with Gasteiger partial charge in [-0.1, -0.05) is 18.0 Å². The summed E-state index contributed by atoms with van der Waals surface area (Å²) in [6.45, 7) is -0.0114. The van der Waals surface area contributed by atoms with Gasteiger partial charge in [-0.25, -0.2) is 14.1 Å². The Hall–Kier alpha value is -3.51. The zero-order valence-corrected chi connectivity index (χ0v) is 20.5. The van der Waals surface area contributed by atoms with Crippen molar-refractivity contribution in [2.24, 2.45) is 10.9 Å². The minimum atomic E-state index is -5.01. The lowest BCUT2D eigenvalue weighted by molar-refractivity contribution is -0.146. The number of thiazole rings is 1. The maximum Gasteiger partial charge on any atom is 0.404 e. The van der Waals surface area contributed by atoms with Gasteiger partial charge in [-0.05, 0) is 12.8 Å². The molecule has 0 aliphatic carbocycles. The fraction of sp³-hybridized carbons (Fsp3) is 0.556. The third-order valence-electron chi connectivity index (χ3n) is 5.38. The normalized spacial score (nSPS) is 20.8. The first-order chi connectivity index (χ1) is 17.0. The summed E-state index contributed by atoms with van der Waals surface area (Å²) >= 11 is 0.986. The van der Waals surface area contributed by atoms with E-state index in [-0.39, 0.29) is 21.0 Å². The quantitative estimate of drug-likeness (QED) is 0.119. The van der Waals surface area contributed by atoms with E-state index in [1.807, 2.05) is 0 Å². The van der Waals surface area contributed by atoms with Crippen molar-refractivity contribution in [3.8, 4) is 0 Å². The number of rotatable bonds is 9. The zero-order valence-electron chi connectivity index (χ0n) is 18.9. The zero-order chi connectivity index (χ0) is 26.5. The van der Waals surface area contributed by atoms with Crippen LogP contribution in [0.2, 0.25) is 0 Å². The monoisotopic (exact) mass is 547 g/mol. The number of carbonyl (C=O) groups is 4. The topological polar surface area (TPSA) is 237 Å². The number of hydrogen-bond acceptors (Lipinski definition) is 12. The molecule has 0 spiro atoms. The van der Waals surface area contributed by atoms with Gasteiger partial charge in [0.25, 0.3) is 17.7 Å². The van der Waals surface area contributed by atoms with Crippen molar-refractivity contribution in [3.63, 3.8) is 0 Å². The molecule has 1 aromatic rings. The van der Waals surface area contributed by atoms with Crippen LogP contribution in [0, 0.1) is 0 Å². The molecule has 0 bridgehead atoms. The van der Waals surface area contributed by atoms with Gasteiger partial charge in [0.2, 0.25) is 0 Å². The molecular formula is C18H25N7O9S2. The molecule has 0 radical (unpaired) electrons. The van der Waals surface area contributed by atoms with Gasteiger partial charge in [0.05, 0.1) is 0 Å². The van der Waals surface area contributed by atoms with Crippen LogP contribution in [-0.2, 0) is 34.3 Å². The summed E-state index contributed by atoms with van der Waals surface area (Å²) in [5.41, 5.74) is 10.0. The van der Waals surface area contributed by atoms with Crippen molar-refractivity contribution >= 4 is 56.3 Å². The second-order valence-corrected chi connectivity index (χ2v) is 10.0. The average Bonchev–Trinajstić information content (AvgIpc) is 3.04. The van der Waals surface area contributed by atoms with Gasteiger partial charge >= 0.3 is 16.4 Å². The van der Waals surface area contributed by atoms with Gasteiger partial charge < -0.3 is 31.3 Å². The van der Waals surface area contributed by atoms with E-state index in [1.54, 1.807) is 4.90 Å².